The van der Waals surface area contributed by atoms with E-state index in [0.717, 1.165) is 5.52 Å². The molecule has 1 aromatic carbocycles. The van der Waals surface area contributed by atoms with Crippen LogP contribution < -0.4 is 11.0 Å². The lowest BCUT2D eigenvalue weighted by Crippen LogP contribution is -2.41. The Kier molecular flexibility index (Phi) is 4.11. The lowest BCUT2D eigenvalue weighted by molar-refractivity contribution is -0.141. The fraction of sp³-hybridized carbons (Fsp3) is 0.357. The van der Waals surface area contributed by atoms with E-state index in [9.17, 15) is 14.4 Å². The Hall–Kier alpha value is -2.57. The average molecular weight is 291 g/mol. The lowest BCUT2D eigenvalue weighted by Gasteiger charge is -2.09. The van der Waals surface area contributed by atoms with Crippen LogP contribution in [0.4, 0.5) is 0 Å². The predicted molar refractivity (Wildman–Crippen MR) is 77.1 cm³/mol. The van der Waals surface area contributed by atoms with E-state index in [1.165, 1.54) is 11.5 Å². The molecule has 0 bridgehead atoms. The van der Waals surface area contributed by atoms with Crippen molar-refractivity contribution in [1.29, 1.82) is 0 Å². The zero-order valence-corrected chi connectivity index (χ0v) is 11.9. The number of aryl methyl sites for hydroxylation is 1. The van der Waals surface area contributed by atoms with Crippen molar-refractivity contribution in [2.75, 3.05) is 0 Å². The van der Waals surface area contributed by atoms with Crippen molar-refractivity contribution in [3.63, 3.8) is 0 Å². The van der Waals surface area contributed by atoms with E-state index in [1.54, 1.807) is 16.7 Å². The predicted octanol–water partition coefficient (Wildman–Crippen LogP) is 0.412. The number of carboxylic acids is 1. The Morgan fingerprint density at radius 1 is 1.24 bits per heavy atom. The summed E-state index contributed by atoms with van der Waals surface area (Å²) in [6.45, 7) is 3.52. The van der Waals surface area contributed by atoms with Crippen molar-refractivity contribution in [1.82, 2.24) is 14.5 Å². The average Bonchev–Trinajstić information content (AvgIpc) is 2.71. The van der Waals surface area contributed by atoms with Crippen molar-refractivity contribution in [3.05, 3.63) is 34.7 Å². The molecule has 0 radical (unpaired) electrons. The van der Waals surface area contributed by atoms with Gasteiger partial charge in [-0.3, -0.25) is 18.7 Å². The van der Waals surface area contributed by atoms with Crippen molar-refractivity contribution >= 4 is 22.9 Å². The molecule has 0 fully saturated rings. The number of amides is 1. The Morgan fingerprint density at radius 2 is 1.81 bits per heavy atom. The maximum absolute atomic E-state index is 12.3. The summed E-state index contributed by atoms with van der Waals surface area (Å²) >= 11 is 0. The summed E-state index contributed by atoms with van der Waals surface area (Å²) in [6.07, 6.45) is 0. The van der Waals surface area contributed by atoms with Crippen LogP contribution in [0, 0.1) is 0 Å². The van der Waals surface area contributed by atoms with E-state index in [2.05, 4.69) is 5.32 Å². The SMILES string of the molecule is CCn1c(=O)n(CC(=O)NC(C)C(=O)O)c2ccccc21. The molecular formula is C14H17N3O4. The molecule has 0 saturated heterocycles. The number of carbonyl (C=O) groups is 2. The standard InChI is InChI=1S/C14H17N3O4/c1-3-16-10-6-4-5-7-11(10)17(14(16)21)8-12(18)15-9(2)13(19)20/h4-7,9H,3,8H2,1-2H3,(H,15,18)(H,19,20). The van der Waals surface area contributed by atoms with Crippen LogP contribution >= 0.6 is 0 Å². The molecule has 2 rings (SSSR count). The summed E-state index contributed by atoms with van der Waals surface area (Å²) < 4.78 is 2.92. The molecule has 0 aliphatic heterocycles. The quantitative estimate of drug-likeness (QED) is 0.834. The second-order valence-electron chi connectivity index (χ2n) is 4.73. The number of carbonyl (C=O) groups excluding carboxylic acids is 1. The van der Waals surface area contributed by atoms with Gasteiger partial charge in [-0.25, -0.2) is 4.79 Å². The van der Waals surface area contributed by atoms with Gasteiger partial charge in [0.05, 0.1) is 11.0 Å². The summed E-state index contributed by atoms with van der Waals surface area (Å²) in [7, 11) is 0. The van der Waals surface area contributed by atoms with Gasteiger partial charge >= 0.3 is 11.7 Å². The number of nitrogens with one attached hydrogen (secondary N) is 1. The summed E-state index contributed by atoms with van der Waals surface area (Å²) in [6, 6.07) is 6.19. The smallest absolute Gasteiger partial charge is 0.329 e. The van der Waals surface area contributed by atoms with Gasteiger partial charge in [0.25, 0.3) is 0 Å². The highest BCUT2D eigenvalue weighted by Gasteiger charge is 2.17. The van der Waals surface area contributed by atoms with Gasteiger partial charge < -0.3 is 10.4 Å². The zero-order valence-electron chi connectivity index (χ0n) is 11.9. The van der Waals surface area contributed by atoms with E-state index in [1.807, 2.05) is 19.1 Å². The Labute approximate surface area is 120 Å². The molecule has 0 aliphatic rings. The highest BCUT2D eigenvalue weighted by atomic mass is 16.4. The van der Waals surface area contributed by atoms with Gasteiger partial charge in [-0.1, -0.05) is 12.1 Å². The molecule has 112 valence electrons. The lowest BCUT2D eigenvalue weighted by atomic mass is 10.3. The monoisotopic (exact) mass is 291 g/mol. The number of hydrogen-bond donors (Lipinski definition) is 2. The Balaban J connectivity index is 2.35. The number of aliphatic carboxylic acids is 1. The van der Waals surface area contributed by atoms with Crippen LogP contribution in [0.2, 0.25) is 0 Å². The number of rotatable bonds is 5. The number of aromatic nitrogens is 2. The second-order valence-corrected chi connectivity index (χ2v) is 4.73. The molecule has 1 amide bonds. The molecule has 2 aromatic rings. The molecule has 7 heteroatoms. The minimum Gasteiger partial charge on any atom is -0.480 e. The van der Waals surface area contributed by atoms with E-state index in [0.29, 0.717) is 12.1 Å². The third kappa shape index (κ3) is 2.81. The normalized spacial score (nSPS) is 12.3. The van der Waals surface area contributed by atoms with Gasteiger partial charge in [0, 0.05) is 6.54 Å². The molecule has 1 heterocycles. The van der Waals surface area contributed by atoms with Gasteiger partial charge in [-0.15, -0.1) is 0 Å². The first-order valence-corrected chi connectivity index (χ1v) is 6.66. The van der Waals surface area contributed by atoms with E-state index < -0.39 is 17.9 Å². The van der Waals surface area contributed by atoms with Gasteiger partial charge in [-0.05, 0) is 26.0 Å². The van der Waals surface area contributed by atoms with Crippen molar-refractivity contribution in [3.8, 4) is 0 Å². The van der Waals surface area contributed by atoms with Crippen LogP contribution in [0.15, 0.2) is 29.1 Å². The fourth-order valence-electron chi connectivity index (χ4n) is 2.22. The largest absolute Gasteiger partial charge is 0.480 e. The number of benzene rings is 1. The van der Waals surface area contributed by atoms with Gasteiger partial charge in [0.1, 0.15) is 12.6 Å². The molecule has 21 heavy (non-hydrogen) atoms. The number of para-hydroxylation sites is 2. The van der Waals surface area contributed by atoms with Gasteiger partial charge in [0.15, 0.2) is 0 Å². The van der Waals surface area contributed by atoms with Gasteiger partial charge in [0.2, 0.25) is 5.91 Å². The van der Waals surface area contributed by atoms with E-state index >= 15 is 0 Å². The highest BCUT2D eigenvalue weighted by Crippen LogP contribution is 2.12. The number of imidazole rings is 1. The van der Waals surface area contributed by atoms with Crippen molar-refractivity contribution in [2.24, 2.45) is 0 Å². The molecule has 7 nitrogen and oxygen atoms in total. The first-order chi connectivity index (χ1) is 9.95. The number of carboxylic acid groups (broad SMARTS) is 1. The van der Waals surface area contributed by atoms with Crippen LogP contribution in [-0.2, 0) is 22.7 Å². The van der Waals surface area contributed by atoms with Crippen LogP contribution in [-0.4, -0.2) is 32.2 Å². The number of hydrogen-bond acceptors (Lipinski definition) is 3. The third-order valence-electron chi connectivity index (χ3n) is 3.29. The first kappa shape index (κ1) is 14.8. The zero-order chi connectivity index (χ0) is 15.6. The van der Waals surface area contributed by atoms with E-state index in [4.69, 9.17) is 5.11 Å². The number of fused-ring (bicyclic) bond motifs is 1. The Morgan fingerprint density at radius 3 is 2.33 bits per heavy atom. The molecule has 1 aromatic heterocycles. The number of nitrogens with zero attached hydrogens (tertiary/aromatic N) is 2. The van der Waals surface area contributed by atoms with Gasteiger partial charge in [-0.2, -0.15) is 0 Å². The van der Waals surface area contributed by atoms with Crippen molar-refractivity contribution < 1.29 is 14.7 Å². The van der Waals surface area contributed by atoms with Crippen LogP contribution in [0.1, 0.15) is 13.8 Å². The van der Waals surface area contributed by atoms with Crippen LogP contribution in [0.3, 0.4) is 0 Å². The molecule has 0 spiro atoms. The maximum Gasteiger partial charge on any atom is 0.329 e. The molecule has 2 N–H and O–H groups in total. The fourth-order valence-corrected chi connectivity index (χ4v) is 2.22. The highest BCUT2D eigenvalue weighted by molar-refractivity contribution is 5.84. The minimum atomic E-state index is -1.12. The van der Waals surface area contributed by atoms with Crippen LogP contribution in [0.5, 0.6) is 0 Å². The van der Waals surface area contributed by atoms with Crippen LogP contribution in [0.25, 0.3) is 11.0 Å². The summed E-state index contributed by atoms with van der Waals surface area (Å²) in [5.74, 6) is -1.63. The molecular weight excluding hydrogens is 274 g/mol. The topological polar surface area (TPSA) is 93.3 Å². The Bertz CT molecular complexity index is 744. The molecule has 0 saturated carbocycles. The third-order valence-corrected chi connectivity index (χ3v) is 3.29. The maximum atomic E-state index is 12.3. The molecule has 1 atom stereocenters. The van der Waals surface area contributed by atoms with E-state index in [-0.39, 0.29) is 12.2 Å². The summed E-state index contributed by atoms with van der Waals surface area (Å²) in [4.78, 5) is 34.9. The second kappa shape index (κ2) is 5.82. The molecule has 0 aliphatic carbocycles. The van der Waals surface area contributed by atoms with Crippen molar-refractivity contribution in [2.45, 2.75) is 33.0 Å². The first-order valence-electron chi connectivity index (χ1n) is 6.66. The minimum absolute atomic E-state index is 0.204. The molecule has 1 unspecified atom stereocenters. The summed E-state index contributed by atoms with van der Waals surface area (Å²) in [5.41, 5.74) is 1.13. The summed E-state index contributed by atoms with van der Waals surface area (Å²) in [5, 5.41) is 11.1.